The Bertz CT molecular complexity index is 878. The molecule has 1 aliphatic carbocycles. The first kappa shape index (κ1) is 19.5. The van der Waals surface area contributed by atoms with Crippen molar-refractivity contribution in [2.24, 2.45) is 0 Å². The van der Waals surface area contributed by atoms with E-state index in [1.54, 1.807) is 11.3 Å². The van der Waals surface area contributed by atoms with Gasteiger partial charge in [0, 0.05) is 27.3 Å². The summed E-state index contributed by atoms with van der Waals surface area (Å²) >= 11 is 1.57. The fourth-order valence-electron chi connectivity index (χ4n) is 3.47. The molecular weight excluding hydrogens is 360 g/mol. The van der Waals surface area contributed by atoms with Crippen LogP contribution in [-0.4, -0.2) is 24.1 Å². The van der Waals surface area contributed by atoms with Crippen molar-refractivity contribution in [3.63, 3.8) is 0 Å². The molecule has 0 spiro atoms. The lowest BCUT2D eigenvalue weighted by Crippen LogP contribution is -2.16. The second kappa shape index (κ2) is 8.61. The number of carbonyl (C=O) groups is 3. The van der Waals surface area contributed by atoms with Crippen molar-refractivity contribution in [3.8, 4) is 0 Å². The van der Waals surface area contributed by atoms with Crippen LogP contribution in [0, 0.1) is 13.8 Å². The molecule has 1 aromatic heterocycles. The minimum atomic E-state index is -0.515. The van der Waals surface area contributed by atoms with Crippen LogP contribution in [0.3, 0.4) is 0 Å². The molecule has 0 saturated carbocycles. The van der Waals surface area contributed by atoms with E-state index in [-0.39, 0.29) is 31.0 Å². The van der Waals surface area contributed by atoms with Crippen molar-refractivity contribution in [2.45, 2.75) is 52.4 Å². The molecule has 4 nitrogen and oxygen atoms in total. The molecule has 2 aromatic rings. The zero-order valence-electron chi connectivity index (χ0n) is 15.8. The monoisotopic (exact) mass is 384 g/mol. The molecule has 0 N–H and O–H groups in total. The van der Waals surface area contributed by atoms with Crippen LogP contribution in [0.25, 0.3) is 0 Å². The van der Waals surface area contributed by atoms with E-state index in [1.165, 1.54) is 17.5 Å². The lowest BCUT2D eigenvalue weighted by Gasteiger charge is -2.16. The van der Waals surface area contributed by atoms with Gasteiger partial charge in [0.25, 0.3) is 0 Å². The predicted molar refractivity (Wildman–Crippen MR) is 106 cm³/mol. The van der Waals surface area contributed by atoms with Crippen LogP contribution >= 0.6 is 11.3 Å². The van der Waals surface area contributed by atoms with Crippen LogP contribution in [0.5, 0.6) is 0 Å². The molecule has 142 valence electrons. The Labute approximate surface area is 163 Å². The van der Waals surface area contributed by atoms with Gasteiger partial charge in [-0.3, -0.25) is 14.4 Å². The molecule has 27 heavy (non-hydrogen) atoms. The number of thiophene rings is 1. The van der Waals surface area contributed by atoms with Gasteiger partial charge in [0.2, 0.25) is 0 Å². The molecule has 1 aromatic carbocycles. The number of hydrogen-bond donors (Lipinski definition) is 0. The zero-order valence-corrected chi connectivity index (χ0v) is 16.6. The highest BCUT2D eigenvalue weighted by atomic mass is 32.1. The second-order valence-corrected chi connectivity index (χ2v) is 8.48. The van der Waals surface area contributed by atoms with E-state index in [0.29, 0.717) is 11.1 Å². The molecule has 3 rings (SSSR count). The lowest BCUT2D eigenvalue weighted by atomic mass is 9.90. The van der Waals surface area contributed by atoms with Crippen molar-refractivity contribution in [3.05, 3.63) is 56.3 Å². The Morgan fingerprint density at radius 3 is 2.41 bits per heavy atom. The number of hydrogen-bond acceptors (Lipinski definition) is 5. The van der Waals surface area contributed by atoms with E-state index in [9.17, 15) is 14.4 Å². The number of ketones is 2. The number of carbonyl (C=O) groups excluding carboxylic acids is 3. The molecule has 5 heteroatoms. The van der Waals surface area contributed by atoms with E-state index < -0.39 is 5.97 Å². The fourth-order valence-corrected chi connectivity index (χ4v) is 4.41. The Hall–Kier alpha value is -2.27. The predicted octanol–water partition coefficient (Wildman–Crippen LogP) is 4.63. The van der Waals surface area contributed by atoms with Gasteiger partial charge in [-0.25, -0.2) is 0 Å². The summed E-state index contributed by atoms with van der Waals surface area (Å²) in [6.45, 7) is 3.58. The van der Waals surface area contributed by atoms with Crippen LogP contribution in [0.4, 0.5) is 0 Å². The summed E-state index contributed by atoms with van der Waals surface area (Å²) in [7, 11) is 0. The zero-order chi connectivity index (χ0) is 19.4. The maximum Gasteiger partial charge on any atom is 0.306 e. The summed E-state index contributed by atoms with van der Waals surface area (Å²) in [4.78, 5) is 38.5. The molecule has 0 saturated heterocycles. The summed E-state index contributed by atoms with van der Waals surface area (Å²) in [5, 5.41) is 0. The van der Waals surface area contributed by atoms with Crippen molar-refractivity contribution in [2.75, 3.05) is 6.61 Å². The van der Waals surface area contributed by atoms with Crippen LogP contribution < -0.4 is 0 Å². The smallest absolute Gasteiger partial charge is 0.306 e. The van der Waals surface area contributed by atoms with Crippen molar-refractivity contribution in [1.82, 2.24) is 0 Å². The molecule has 0 unspecified atom stereocenters. The van der Waals surface area contributed by atoms with Gasteiger partial charge in [-0.1, -0.05) is 12.1 Å². The summed E-state index contributed by atoms with van der Waals surface area (Å²) in [6.07, 6.45) is 4.50. The molecule has 0 amide bonds. The molecule has 1 aliphatic rings. The first-order chi connectivity index (χ1) is 12.9. The number of rotatable bonds is 7. The summed E-state index contributed by atoms with van der Waals surface area (Å²) in [5.74, 6) is -0.776. The van der Waals surface area contributed by atoms with E-state index in [2.05, 4.69) is 0 Å². The second-order valence-electron chi connectivity index (χ2n) is 7.02. The van der Waals surface area contributed by atoms with Crippen LogP contribution in [0.2, 0.25) is 0 Å². The molecule has 0 fully saturated rings. The molecule has 0 aliphatic heterocycles. The highest BCUT2D eigenvalue weighted by Crippen LogP contribution is 2.23. The number of ether oxygens (including phenoxy) is 1. The minimum Gasteiger partial charge on any atom is -0.457 e. The highest BCUT2D eigenvalue weighted by molar-refractivity contribution is 7.12. The third-order valence-corrected chi connectivity index (χ3v) is 5.90. The van der Waals surface area contributed by atoms with Crippen molar-refractivity contribution < 1.29 is 19.1 Å². The maximum atomic E-state index is 12.3. The van der Waals surface area contributed by atoms with Crippen molar-refractivity contribution >= 4 is 28.9 Å². The summed E-state index contributed by atoms with van der Waals surface area (Å²) in [5.41, 5.74) is 3.80. The number of Topliss-reactive ketones (excluding diaryl/α,β-unsaturated/α-hetero) is 2. The topological polar surface area (TPSA) is 60.4 Å². The van der Waals surface area contributed by atoms with Crippen LogP contribution in [-0.2, 0) is 22.4 Å². The number of fused-ring (bicyclic) bond motifs is 1. The normalized spacial score (nSPS) is 13.1. The molecule has 1 heterocycles. The largest absolute Gasteiger partial charge is 0.457 e. The third-order valence-electron chi connectivity index (χ3n) is 4.93. The van der Waals surface area contributed by atoms with Gasteiger partial charge in [-0.05, 0) is 62.8 Å². The van der Waals surface area contributed by atoms with Gasteiger partial charge in [-0.15, -0.1) is 11.3 Å². The molecular formula is C22H24O4S. The highest BCUT2D eigenvalue weighted by Gasteiger charge is 2.17. The standard InChI is InChI=1S/C22H24O4S/c1-14-11-19(15(2)27-14)20(23)9-10-22(25)26-13-21(24)18-8-7-16-5-3-4-6-17(16)12-18/h7-8,11-12H,3-6,9-10,13H2,1-2H3. The van der Waals surface area contributed by atoms with Crippen LogP contribution in [0.1, 0.15) is 67.3 Å². The van der Waals surface area contributed by atoms with E-state index in [4.69, 9.17) is 4.74 Å². The SMILES string of the molecule is Cc1cc(C(=O)CCC(=O)OCC(=O)c2ccc3c(c2)CCCC3)c(C)s1. The van der Waals surface area contributed by atoms with Gasteiger partial charge in [0.05, 0.1) is 6.42 Å². The molecule has 0 radical (unpaired) electrons. The lowest BCUT2D eigenvalue weighted by molar-refractivity contribution is -0.142. The summed E-state index contributed by atoms with van der Waals surface area (Å²) < 4.78 is 5.09. The average molecular weight is 384 g/mol. The average Bonchev–Trinajstić information content (AvgIpc) is 3.01. The molecule has 0 atom stereocenters. The first-order valence-corrected chi connectivity index (χ1v) is 10.2. The van der Waals surface area contributed by atoms with Gasteiger partial charge >= 0.3 is 5.97 Å². The summed E-state index contributed by atoms with van der Waals surface area (Å²) in [6, 6.07) is 7.60. The third kappa shape index (κ3) is 4.92. The van der Waals surface area contributed by atoms with Gasteiger partial charge in [0.15, 0.2) is 18.2 Å². The number of benzene rings is 1. The number of esters is 1. The van der Waals surface area contributed by atoms with Gasteiger partial charge < -0.3 is 4.74 Å². The number of aryl methyl sites for hydroxylation is 4. The first-order valence-electron chi connectivity index (χ1n) is 9.35. The van der Waals surface area contributed by atoms with Gasteiger partial charge in [-0.2, -0.15) is 0 Å². The van der Waals surface area contributed by atoms with Crippen molar-refractivity contribution in [1.29, 1.82) is 0 Å². The minimum absolute atomic E-state index is 0.00929. The fraction of sp³-hybridized carbons (Fsp3) is 0.409. The Kier molecular flexibility index (Phi) is 6.22. The quantitative estimate of drug-likeness (QED) is 0.516. The maximum absolute atomic E-state index is 12.3. The Balaban J connectivity index is 1.48. The van der Waals surface area contributed by atoms with E-state index in [1.807, 2.05) is 38.1 Å². The van der Waals surface area contributed by atoms with Gasteiger partial charge in [0.1, 0.15) is 0 Å². The van der Waals surface area contributed by atoms with E-state index in [0.717, 1.165) is 29.0 Å². The van der Waals surface area contributed by atoms with Crippen LogP contribution in [0.15, 0.2) is 24.3 Å². The van der Waals surface area contributed by atoms with E-state index >= 15 is 0 Å². The molecule has 0 bridgehead atoms. The Morgan fingerprint density at radius 1 is 0.963 bits per heavy atom. The Morgan fingerprint density at radius 2 is 1.70 bits per heavy atom.